The summed E-state index contributed by atoms with van der Waals surface area (Å²) in [7, 11) is 1.36. The Morgan fingerprint density at radius 3 is 2.88 bits per heavy atom. The average Bonchev–Trinajstić information content (AvgIpc) is 3.01. The Morgan fingerprint density at radius 1 is 1.52 bits per heavy atom. The first-order chi connectivity index (χ1) is 11.8. The second kappa shape index (κ2) is 8.92. The van der Waals surface area contributed by atoms with Gasteiger partial charge in [0.15, 0.2) is 11.5 Å². The van der Waals surface area contributed by atoms with Crippen LogP contribution in [0.25, 0.3) is 0 Å². The molecule has 8 heteroatoms. The number of alkyl halides is 1. The zero-order valence-corrected chi connectivity index (χ0v) is 15.8. The maximum atomic E-state index is 13.1. The molecular formula is C17H23Cl2FN2O3. The van der Waals surface area contributed by atoms with Crippen LogP contribution in [-0.4, -0.2) is 54.9 Å². The van der Waals surface area contributed by atoms with Crippen molar-refractivity contribution in [1.82, 2.24) is 10.2 Å². The summed E-state index contributed by atoms with van der Waals surface area (Å²) in [5.41, 5.74) is -0.0815. The lowest BCUT2D eigenvalue weighted by molar-refractivity contribution is 0.0933. The number of phenolic OH excluding ortho intramolecular Hbond substituents is 1. The van der Waals surface area contributed by atoms with E-state index in [9.17, 15) is 14.3 Å². The van der Waals surface area contributed by atoms with Crippen molar-refractivity contribution >= 4 is 29.1 Å². The van der Waals surface area contributed by atoms with Crippen LogP contribution < -0.4 is 10.1 Å². The van der Waals surface area contributed by atoms with Crippen LogP contribution in [0.2, 0.25) is 10.0 Å². The van der Waals surface area contributed by atoms with E-state index in [1.165, 1.54) is 13.2 Å². The maximum Gasteiger partial charge on any atom is 0.259 e. The first kappa shape index (κ1) is 20.1. The first-order valence-electron chi connectivity index (χ1n) is 8.26. The number of hydrogen-bond acceptors (Lipinski definition) is 4. The summed E-state index contributed by atoms with van der Waals surface area (Å²) in [5.74, 6) is -0.796. The Hall–Kier alpha value is -1.24. The monoisotopic (exact) mass is 392 g/mol. The number of nitrogens with one attached hydrogen (secondary N) is 1. The number of ether oxygens (including phenoxy) is 1. The highest BCUT2D eigenvalue weighted by Gasteiger charge is 2.27. The van der Waals surface area contributed by atoms with E-state index in [2.05, 4.69) is 10.2 Å². The Balaban J connectivity index is 2.05. The van der Waals surface area contributed by atoms with E-state index in [1.54, 1.807) is 6.92 Å². The topological polar surface area (TPSA) is 61.8 Å². The van der Waals surface area contributed by atoms with Crippen molar-refractivity contribution in [2.75, 3.05) is 26.7 Å². The molecular weight excluding hydrogens is 370 g/mol. The highest BCUT2D eigenvalue weighted by atomic mass is 35.5. The summed E-state index contributed by atoms with van der Waals surface area (Å²) >= 11 is 11.9. The van der Waals surface area contributed by atoms with Crippen molar-refractivity contribution in [2.45, 2.75) is 38.4 Å². The summed E-state index contributed by atoms with van der Waals surface area (Å²) in [6.45, 7) is 3.50. The molecule has 0 unspecified atom stereocenters. The molecule has 0 bridgehead atoms. The van der Waals surface area contributed by atoms with Crippen LogP contribution in [0.3, 0.4) is 0 Å². The predicted octanol–water partition coefficient (Wildman–Crippen LogP) is 3.65. The third kappa shape index (κ3) is 4.90. The maximum absolute atomic E-state index is 13.1. The number of hydrogen-bond donors (Lipinski definition) is 2. The Labute approximate surface area is 157 Å². The number of halogens is 3. The predicted molar refractivity (Wildman–Crippen MR) is 96.8 cm³/mol. The number of likely N-dealkylation sites (tertiary alicyclic amines) is 1. The molecule has 25 heavy (non-hydrogen) atoms. The van der Waals surface area contributed by atoms with E-state index >= 15 is 0 Å². The Kier molecular flexibility index (Phi) is 7.16. The van der Waals surface area contributed by atoms with E-state index in [1.807, 2.05) is 0 Å². The van der Waals surface area contributed by atoms with Gasteiger partial charge >= 0.3 is 0 Å². The molecule has 1 aliphatic heterocycles. The largest absolute Gasteiger partial charge is 0.505 e. The van der Waals surface area contributed by atoms with Crippen LogP contribution in [0, 0.1) is 0 Å². The molecule has 0 spiro atoms. The van der Waals surface area contributed by atoms with Crippen molar-refractivity contribution < 1.29 is 19.0 Å². The zero-order valence-electron chi connectivity index (χ0n) is 14.3. The van der Waals surface area contributed by atoms with Crippen molar-refractivity contribution in [3.8, 4) is 11.5 Å². The highest BCUT2D eigenvalue weighted by Crippen LogP contribution is 2.40. The molecule has 0 radical (unpaired) electrons. The highest BCUT2D eigenvalue weighted by molar-refractivity contribution is 6.37. The molecule has 1 aliphatic rings. The van der Waals surface area contributed by atoms with Gasteiger partial charge in [0.1, 0.15) is 5.56 Å². The van der Waals surface area contributed by atoms with Gasteiger partial charge in [0.05, 0.1) is 23.3 Å². The number of amides is 1. The SMILES string of the molecule is COc1c(Cl)cc(Cl)c(O)c1C(=O)NC[C@@H]1CCCN1CC[C@H](C)F. The van der Waals surface area contributed by atoms with E-state index < -0.39 is 12.1 Å². The molecule has 1 saturated heterocycles. The van der Waals surface area contributed by atoms with Gasteiger partial charge in [-0.05, 0) is 38.8 Å². The summed E-state index contributed by atoms with van der Waals surface area (Å²) < 4.78 is 18.2. The fraction of sp³-hybridized carbons (Fsp3) is 0.588. The van der Waals surface area contributed by atoms with Gasteiger partial charge in [-0.3, -0.25) is 9.69 Å². The van der Waals surface area contributed by atoms with Crippen molar-refractivity contribution in [3.63, 3.8) is 0 Å². The molecule has 2 atom stereocenters. The number of rotatable bonds is 7. The molecule has 1 fully saturated rings. The fourth-order valence-corrected chi connectivity index (χ4v) is 3.61. The fourth-order valence-electron chi connectivity index (χ4n) is 3.07. The van der Waals surface area contributed by atoms with Gasteiger partial charge < -0.3 is 15.2 Å². The molecule has 1 aromatic carbocycles. The number of carbonyl (C=O) groups excluding carboxylic acids is 1. The number of carbonyl (C=O) groups is 1. The minimum atomic E-state index is -0.842. The number of benzene rings is 1. The lowest BCUT2D eigenvalue weighted by Gasteiger charge is -2.25. The minimum absolute atomic E-state index is 0.0182. The van der Waals surface area contributed by atoms with Crippen LogP contribution in [0.1, 0.15) is 36.5 Å². The third-order valence-corrected chi connectivity index (χ3v) is 4.97. The Morgan fingerprint density at radius 2 is 2.24 bits per heavy atom. The quantitative estimate of drug-likeness (QED) is 0.743. The van der Waals surface area contributed by atoms with Gasteiger partial charge in [0, 0.05) is 19.1 Å². The van der Waals surface area contributed by atoms with Gasteiger partial charge in [0.25, 0.3) is 5.91 Å². The van der Waals surface area contributed by atoms with Gasteiger partial charge in [0.2, 0.25) is 0 Å². The van der Waals surface area contributed by atoms with Crippen LogP contribution in [0.4, 0.5) is 4.39 Å². The van der Waals surface area contributed by atoms with Gasteiger partial charge in [-0.1, -0.05) is 23.2 Å². The van der Waals surface area contributed by atoms with Crippen LogP contribution in [0.15, 0.2) is 6.07 Å². The number of nitrogens with zero attached hydrogens (tertiary/aromatic N) is 1. The normalized spacial score (nSPS) is 19.0. The first-order valence-corrected chi connectivity index (χ1v) is 9.02. The lowest BCUT2D eigenvalue weighted by Crippen LogP contribution is -2.41. The zero-order chi connectivity index (χ0) is 18.6. The molecule has 5 nitrogen and oxygen atoms in total. The van der Waals surface area contributed by atoms with Gasteiger partial charge in [-0.25, -0.2) is 4.39 Å². The summed E-state index contributed by atoms with van der Waals surface area (Å²) in [6.07, 6.45) is 1.58. The second-order valence-electron chi connectivity index (χ2n) is 6.21. The summed E-state index contributed by atoms with van der Waals surface area (Å²) in [6, 6.07) is 1.47. The van der Waals surface area contributed by atoms with Gasteiger partial charge in [-0.2, -0.15) is 0 Å². The van der Waals surface area contributed by atoms with Crippen LogP contribution in [0.5, 0.6) is 11.5 Å². The summed E-state index contributed by atoms with van der Waals surface area (Å²) in [5, 5.41) is 13.0. The standard InChI is InChI=1S/C17H23Cl2FN2O3/c1-10(20)5-7-22-6-3-4-11(22)9-21-17(24)14-15(23)12(18)8-13(19)16(14)25-2/h8,10-11,23H,3-7,9H2,1-2H3,(H,21,24)/t10-,11-/m0/s1. The van der Waals surface area contributed by atoms with Crippen molar-refractivity contribution in [1.29, 1.82) is 0 Å². The molecule has 140 valence electrons. The number of methoxy groups -OCH3 is 1. The smallest absolute Gasteiger partial charge is 0.259 e. The van der Waals surface area contributed by atoms with Crippen LogP contribution in [-0.2, 0) is 0 Å². The van der Waals surface area contributed by atoms with Crippen molar-refractivity contribution in [2.24, 2.45) is 0 Å². The summed E-state index contributed by atoms with van der Waals surface area (Å²) in [4.78, 5) is 14.7. The Bertz CT molecular complexity index is 628. The molecule has 1 amide bonds. The molecule has 1 heterocycles. The average molecular weight is 393 g/mol. The number of phenols is 1. The van der Waals surface area contributed by atoms with E-state index in [4.69, 9.17) is 27.9 Å². The lowest BCUT2D eigenvalue weighted by atomic mass is 10.1. The second-order valence-corrected chi connectivity index (χ2v) is 7.02. The van der Waals surface area contributed by atoms with Gasteiger partial charge in [-0.15, -0.1) is 0 Å². The minimum Gasteiger partial charge on any atom is -0.505 e. The molecule has 0 saturated carbocycles. The molecule has 2 rings (SSSR count). The molecule has 1 aromatic rings. The molecule has 2 N–H and O–H groups in total. The van der Waals surface area contributed by atoms with Crippen LogP contribution >= 0.6 is 23.2 Å². The number of aromatic hydroxyl groups is 1. The van der Waals surface area contributed by atoms with E-state index in [-0.39, 0.29) is 33.1 Å². The third-order valence-electron chi connectivity index (χ3n) is 4.40. The molecule has 0 aliphatic carbocycles. The van der Waals surface area contributed by atoms with Crippen molar-refractivity contribution in [3.05, 3.63) is 21.7 Å². The molecule has 0 aromatic heterocycles. The van der Waals surface area contributed by atoms with E-state index in [0.717, 1.165) is 19.4 Å². The van der Waals surface area contributed by atoms with E-state index in [0.29, 0.717) is 19.5 Å².